The summed E-state index contributed by atoms with van der Waals surface area (Å²) >= 11 is 16.4. The minimum Gasteiger partial charge on any atom is -0.207 e. The molecule has 1 aromatic carbocycles. The Kier molecular flexibility index (Phi) is 2.63. The summed E-state index contributed by atoms with van der Waals surface area (Å²) in [6, 6.07) is 5.83. The Morgan fingerprint density at radius 3 is 2.00 bits per heavy atom. The third-order valence-corrected chi connectivity index (χ3v) is 1.79. The van der Waals surface area contributed by atoms with E-state index in [0.29, 0.717) is 0 Å². The maximum atomic E-state index is 12.8. The van der Waals surface area contributed by atoms with E-state index in [1.807, 2.05) is 0 Å². The van der Waals surface area contributed by atoms with Gasteiger partial charge >= 0.3 is 0 Å². The molecule has 0 heterocycles. The van der Waals surface area contributed by atoms with E-state index in [4.69, 9.17) is 34.8 Å². The number of benzene rings is 1. The molecule has 0 aliphatic rings. The first-order chi connectivity index (χ1) is 5.02. The minimum atomic E-state index is -1.68. The van der Waals surface area contributed by atoms with E-state index in [-0.39, 0.29) is 5.56 Å². The molecule has 60 valence electrons. The summed E-state index contributed by atoms with van der Waals surface area (Å²) in [5, 5.41) is 0. The van der Waals surface area contributed by atoms with Crippen molar-refractivity contribution in [1.82, 2.24) is 0 Å². The van der Waals surface area contributed by atoms with Gasteiger partial charge in [0.25, 0.3) is 0 Å². The van der Waals surface area contributed by atoms with Gasteiger partial charge in [-0.05, 0) is 6.07 Å². The van der Waals surface area contributed by atoms with Crippen molar-refractivity contribution in [2.75, 3.05) is 0 Å². The van der Waals surface area contributed by atoms with Crippen LogP contribution >= 0.6 is 34.8 Å². The standard InChI is InChI=1S/C7H4Cl3F/c8-7(9,10)5-3-1-2-4-6(5)11/h1-4H. The first-order valence-corrected chi connectivity index (χ1v) is 3.97. The number of alkyl halides is 3. The molecule has 0 spiro atoms. The number of halogens is 4. The van der Waals surface area contributed by atoms with Crippen molar-refractivity contribution in [2.45, 2.75) is 3.79 Å². The smallest absolute Gasteiger partial charge is 0.207 e. The Labute approximate surface area is 78.9 Å². The molecule has 11 heavy (non-hydrogen) atoms. The second-order valence-corrected chi connectivity index (χ2v) is 4.26. The molecule has 0 fully saturated rings. The highest BCUT2D eigenvalue weighted by Gasteiger charge is 2.25. The van der Waals surface area contributed by atoms with Gasteiger partial charge < -0.3 is 0 Å². The Hall–Kier alpha value is 0.0200. The van der Waals surface area contributed by atoms with Crippen molar-refractivity contribution in [3.05, 3.63) is 35.6 Å². The maximum Gasteiger partial charge on any atom is 0.218 e. The summed E-state index contributed by atoms with van der Waals surface area (Å²) in [4.78, 5) is 0. The second-order valence-electron chi connectivity index (χ2n) is 1.98. The molecular formula is C7H4Cl3F. The normalized spacial score (nSPS) is 11.6. The van der Waals surface area contributed by atoms with E-state index < -0.39 is 9.61 Å². The third kappa shape index (κ3) is 2.22. The molecule has 0 amide bonds. The predicted molar refractivity (Wildman–Crippen MR) is 45.6 cm³/mol. The zero-order valence-corrected chi connectivity index (χ0v) is 7.59. The number of rotatable bonds is 0. The van der Waals surface area contributed by atoms with E-state index in [0.717, 1.165) is 0 Å². The highest BCUT2D eigenvalue weighted by molar-refractivity contribution is 6.66. The van der Waals surface area contributed by atoms with E-state index in [1.165, 1.54) is 18.2 Å². The SMILES string of the molecule is Fc1ccccc1C(Cl)(Cl)Cl. The highest BCUT2D eigenvalue weighted by Crippen LogP contribution is 2.39. The lowest BCUT2D eigenvalue weighted by molar-refractivity contribution is 0.613. The van der Waals surface area contributed by atoms with Crippen molar-refractivity contribution < 1.29 is 4.39 Å². The van der Waals surface area contributed by atoms with Gasteiger partial charge in [0, 0.05) is 5.56 Å². The molecule has 0 saturated carbocycles. The van der Waals surface area contributed by atoms with Crippen molar-refractivity contribution in [2.24, 2.45) is 0 Å². The van der Waals surface area contributed by atoms with E-state index in [9.17, 15) is 4.39 Å². The van der Waals surface area contributed by atoms with Gasteiger partial charge in [-0.25, -0.2) is 4.39 Å². The number of hydrogen-bond donors (Lipinski definition) is 0. The molecule has 0 unspecified atom stereocenters. The average Bonchev–Trinajstić information content (AvgIpc) is 1.86. The maximum absolute atomic E-state index is 12.8. The summed E-state index contributed by atoms with van der Waals surface area (Å²) in [5.74, 6) is -0.507. The monoisotopic (exact) mass is 212 g/mol. The molecule has 0 atom stereocenters. The van der Waals surface area contributed by atoms with Crippen LogP contribution in [0.15, 0.2) is 24.3 Å². The summed E-state index contributed by atoms with van der Waals surface area (Å²) < 4.78 is 11.2. The van der Waals surface area contributed by atoms with Crippen LogP contribution in [0.2, 0.25) is 0 Å². The fourth-order valence-electron chi connectivity index (χ4n) is 0.691. The summed E-state index contributed by atoms with van der Waals surface area (Å²) in [7, 11) is 0. The molecular weight excluding hydrogens is 209 g/mol. The van der Waals surface area contributed by atoms with Gasteiger partial charge in [0.2, 0.25) is 3.79 Å². The Balaban J connectivity index is 3.14. The van der Waals surface area contributed by atoms with Crippen LogP contribution in [0.25, 0.3) is 0 Å². The second kappa shape index (κ2) is 3.18. The van der Waals surface area contributed by atoms with Crippen LogP contribution in [0, 0.1) is 5.82 Å². The van der Waals surface area contributed by atoms with Crippen molar-refractivity contribution >= 4 is 34.8 Å². The molecule has 0 aliphatic carbocycles. The lowest BCUT2D eigenvalue weighted by Gasteiger charge is -2.10. The van der Waals surface area contributed by atoms with Gasteiger partial charge in [0.15, 0.2) is 0 Å². The lowest BCUT2D eigenvalue weighted by Crippen LogP contribution is -2.02. The van der Waals surface area contributed by atoms with Crippen LogP contribution < -0.4 is 0 Å². The first kappa shape index (κ1) is 9.11. The zero-order valence-electron chi connectivity index (χ0n) is 5.32. The van der Waals surface area contributed by atoms with Crippen LogP contribution in [-0.4, -0.2) is 0 Å². The van der Waals surface area contributed by atoms with Crippen LogP contribution in [-0.2, 0) is 3.79 Å². The molecule has 1 rings (SSSR count). The molecule has 0 saturated heterocycles. The molecule has 4 heteroatoms. The lowest BCUT2D eigenvalue weighted by atomic mass is 10.2. The van der Waals surface area contributed by atoms with E-state index >= 15 is 0 Å². The van der Waals surface area contributed by atoms with Crippen molar-refractivity contribution in [3.63, 3.8) is 0 Å². The Morgan fingerprint density at radius 1 is 1.09 bits per heavy atom. The summed E-state index contributed by atoms with van der Waals surface area (Å²) in [6.45, 7) is 0. The molecule has 0 nitrogen and oxygen atoms in total. The van der Waals surface area contributed by atoms with E-state index in [2.05, 4.69) is 0 Å². The van der Waals surface area contributed by atoms with Gasteiger partial charge in [0.1, 0.15) is 5.82 Å². The third-order valence-electron chi connectivity index (χ3n) is 1.18. The summed E-state index contributed by atoms with van der Waals surface area (Å²) in [6.07, 6.45) is 0. The quantitative estimate of drug-likeness (QED) is 0.577. The topological polar surface area (TPSA) is 0 Å². The number of hydrogen-bond acceptors (Lipinski definition) is 0. The molecule has 0 N–H and O–H groups in total. The zero-order chi connectivity index (χ0) is 8.48. The molecule has 1 aromatic rings. The van der Waals surface area contributed by atoms with Crippen LogP contribution in [0.5, 0.6) is 0 Å². The predicted octanol–water partition coefficient (Wildman–Crippen LogP) is 3.65. The van der Waals surface area contributed by atoms with Crippen LogP contribution in [0.4, 0.5) is 4.39 Å². The first-order valence-electron chi connectivity index (χ1n) is 2.83. The van der Waals surface area contributed by atoms with Gasteiger partial charge in [-0.3, -0.25) is 0 Å². The van der Waals surface area contributed by atoms with Gasteiger partial charge in [0.05, 0.1) is 0 Å². The average molecular weight is 213 g/mol. The van der Waals surface area contributed by atoms with Gasteiger partial charge in [-0.2, -0.15) is 0 Å². The Bertz CT molecular complexity index is 254. The van der Waals surface area contributed by atoms with E-state index in [1.54, 1.807) is 6.07 Å². The fraction of sp³-hybridized carbons (Fsp3) is 0.143. The highest BCUT2D eigenvalue weighted by atomic mass is 35.6. The van der Waals surface area contributed by atoms with Crippen molar-refractivity contribution in [3.8, 4) is 0 Å². The molecule has 0 aromatic heterocycles. The van der Waals surface area contributed by atoms with Crippen LogP contribution in [0.1, 0.15) is 5.56 Å². The fourth-order valence-corrected chi connectivity index (χ4v) is 1.15. The van der Waals surface area contributed by atoms with Gasteiger partial charge in [-0.1, -0.05) is 53.0 Å². The Morgan fingerprint density at radius 2 is 1.64 bits per heavy atom. The largest absolute Gasteiger partial charge is 0.218 e. The van der Waals surface area contributed by atoms with Gasteiger partial charge in [-0.15, -0.1) is 0 Å². The van der Waals surface area contributed by atoms with Crippen LogP contribution in [0.3, 0.4) is 0 Å². The molecule has 0 aliphatic heterocycles. The summed E-state index contributed by atoms with van der Waals surface area (Å²) in [5.41, 5.74) is 0.0741. The van der Waals surface area contributed by atoms with Crippen molar-refractivity contribution in [1.29, 1.82) is 0 Å². The molecule has 0 radical (unpaired) electrons. The minimum absolute atomic E-state index is 0.0741. The molecule has 0 bridgehead atoms.